The van der Waals surface area contributed by atoms with Crippen molar-refractivity contribution in [2.45, 2.75) is 12.8 Å². The average molecular weight is 494 g/mol. The highest BCUT2D eigenvalue weighted by Gasteiger charge is 2.32. The second kappa shape index (κ2) is 8.51. The number of hydrogen-bond acceptors (Lipinski definition) is 7. The summed E-state index contributed by atoms with van der Waals surface area (Å²) in [6, 6.07) is 12.8. The number of carbonyl (C=O) groups excluding carboxylic acids is 1. The highest BCUT2D eigenvalue weighted by atomic mass is 32.1. The molecule has 1 atom stereocenters. The van der Waals surface area contributed by atoms with E-state index in [4.69, 9.17) is 10.4 Å². The van der Waals surface area contributed by atoms with Crippen LogP contribution in [0.3, 0.4) is 0 Å². The van der Waals surface area contributed by atoms with E-state index in [1.54, 1.807) is 36.7 Å². The topological polar surface area (TPSA) is 140 Å². The summed E-state index contributed by atoms with van der Waals surface area (Å²) >= 11 is 1.47. The van der Waals surface area contributed by atoms with Crippen LogP contribution in [0.1, 0.15) is 34.7 Å². The van der Waals surface area contributed by atoms with Gasteiger partial charge in [-0.25, -0.2) is 9.97 Å². The van der Waals surface area contributed by atoms with E-state index in [1.807, 2.05) is 29.7 Å². The van der Waals surface area contributed by atoms with Crippen LogP contribution in [0.4, 0.5) is 5.69 Å². The number of nitrogens with zero attached hydrogens (tertiary/aromatic N) is 3. The molecule has 5 aromatic rings. The standard InChI is InChI=1S/C26H19N7O2S/c1-13(34)30-15-7-5-14(6-8-15)24-31-23-18(26-28-9-10-36-26)11-17(22(27)21(23)25(35)32-24)16-3-2-4-20-19(16)12-29-33-20/h2-12,18,27H,1H3,(H,29,33)(H,30,34)(H,31,32,35). The van der Waals surface area contributed by atoms with Gasteiger partial charge in [-0.3, -0.25) is 20.1 Å². The molecule has 3 heterocycles. The molecule has 0 saturated heterocycles. The largest absolute Gasteiger partial charge is 0.326 e. The van der Waals surface area contributed by atoms with E-state index in [-0.39, 0.29) is 17.2 Å². The van der Waals surface area contributed by atoms with Crippen molar-refractivity contribution in [2.24, 2.45) is 0 Å². The van der Waals surface area contributed by atoms with Gasteiger partial charge in [0, 0.05) is 40.7 Å². The second-order valence-electron chi connectivity index (χ2n) is 8.37. The third-order valence-corrected chi connectivity index (χ3v) is 6.92. The zero-order chi connectivity index (χ0) is 24.8. The van der Waals surface area contributed by atoms with Gasteiger partial charge >= 0.3 is 0 Å². The lowest BCUT2D eigenvalue weighted by molar-refractivity contribution is -0.114. The summed E-state index contributed by atoms with van der Waals surface area (Å²) in [6.07, 6.45) is 5.41. The van der Waals surface area contributed by atoms with E-state index < -0.39 is 11.5 Å². The molecule has 2 aromatic carbocycles. The van der Waals surface area contributed by atoms with Gasteiger partial charge in [0.2, 0.25) is 5.91 Å². The molecule has 0 fully saturated rings. The zero-order valence-corrected chi connectivity index (χ0v) is 19.8. The first kappa shape index (κ1) is 21.8. The molecule has 1 unspecified atom stereocenters. The van der Waals surface area contributed by atoms with Crippen molar-refractivity contribution in [3.8, 4) is 11.4 Å². The average Bonchev–Trinajstić information content (AvgIpc) is 3.56. The number of carbonyl (C=O) groups is 1. The Bertz CT molecular complexity index is 1730. The fourth-order valence-electron chi connectivity index (χ4n) is 4.48. The van der Waals surface area contributed by atoms with Crippen molar-refractivity contribution < 1.29 is 4.79 Å². The van der Waals surface area contributed by atoms with E-state index >= 15 is 0 Å². The van der Waals surface area contributed by atoms with E-state index in [9.17, 15) is 9.59 Å². The first-order valence-corrected chi connectivity index (χ1v) is 12.0. The van der Waals surface area contributed by atoms with Crippen LogP contribution in [0.25, 0.3) is 27.9 Å². The molecule has 176 valence electrons. The number of amides is 1. The number of fused-ring (bicyclic) bond motifs is 2. The molecule has 1 amide bonds. The molecule has 36 heavy (non-hydrogen) atoms. The Morgan fingerprint density at radius 3 is 2.75 bits per heavy atom. The van der Waals surface area contributed by atoms with Crippen LogP contribution in [0.2, 0.25) is 0 Å². The lowest BCUT2D eigenvalue weighted by Gasteiger charge is -2.24. The minimum Gasteiger partial charge on any atom is -0.326 e. The van der Waals surface area contributed by atoms with Crippen molar-refractivity contribution in [2.75, 3.05) is 5.32 Å². The van der Waals surface area contributed by atoms with Gasteiger partial charge in [-0.2, -0.15) is 5.10 Å². The van der Waals surface area contributed by atoms with E-state index in [2.05, 4.69) is 25.5 Å². The van der Waals surface area contributed by atoms with Crippen LogP contribution in [0.15, 0.2) is 71.1 Å². The summed E-state index contributed by atoms with van der Waals surface area (Å²) in [5.74, 6) is -0.177. The summed E-state index contributed by atoms with van der Waals surface area (Å²) in [4.78, 5) is 36.9. The number of aromatic amines is 2. The predicted octanol–water partition coefficient (Wildman–Crippen LogP) is 4.33. The number of rotatable bonds is 4. The highest BCUT2D eigenvalue weighted by Crippen LogP contribution is 2.39. The van der Waals surface area contributed by atoms with Crippen LogP contribution >= 0.6 is 11.3 Å². The van der Waals surface area contributed by atoms with Crippen LogP contribution < -0.4 is 10.9 Å². The number of allylic oxidation sites excluding steroid dienone is 2. The van der Waals surface area contributed by atoms with Gasteiger partial charge < -0.3 is 10.3 Å². The Kier molecular flexibility index (Phi) is 5.15. The fourth-order valence-corrected chi connectivity index (χ4v) is 5.19. The van der Waals surface area contributed by atoms with Gasteiger partial charge in [0.1, 0.15) is 10.8 Å². The van der Waals surface area contributed by atoms with Crippen molar-refractivity contribution in [1.82, 2.24) is 25.1 Å². The third kappa shape index (κ3) is 3.64. The number of benzene rings is 2. The summed E-state index contributed by atoms with van der Waals surface area (Å²) in [7, 11) is 0. The van der Waals surface area contributed by atoms with Gasteiger partial charge in [0.25, 0.3) is 5.56 Å². The Morgan fingerprint density at radius 2 is 2.00 bits per heavy atom. The molecule has 0 radical (unpaired) electrons. The molecule has 0 saturated carbocycles. The highest BCUT2D eigenvalue weighted by molar-refractivity contribution is 7.09. The monoisotopic (exact) mass is 493 g/mol. The molecular weight excluding hydrogens is 474 g/mol. The molecule has 0 bridgehead atoms. The van der Waals surface area contributed by atoms with Crippen LogP contribution in [0, 0.1) is 5.41 Å². The molecule has 1 aliphatic rings. The van der Waals surface area contributed by atoms with Gasteiger partial charge in [-0.15, -0.1) is 11.3 Å². The smallest absolute Gasteiger partial charge is 0.260 e. The first-order chi connectivity index (χ1) is 17.5. The van der Waals surface area contributed by atoms with Crippen molar-refractivity contribution in [1.29, 1.82) is 5.41 Å². The molecule has 0 aliphatic heterocycles. The Labute approximate surface area is 208 Å². The molecule has 1 aliphatic carbocycles. The molecule has 4 N–H and O–H groups in total. The fraction of sp³-hybridized carbons (Fsp3) is 0.0769. The van der Waals surface area contributed by atoms with Crippen molar-refractivity contribution >= 4 is 45.1 Å². The number of aromatic nitrogens is 5. The summed E-state index contributed by atoms with van der Waals surface area (Å²) < 4.78 is 0. The summed E-state index contributed by atoms with van der Waals surface area (Å²) in [6.45, 7) is 1.44. The van der Waals surface area contributed by atoms with Gasteiger partial charge in [0.05, 0.1) is 34.6 Å². The van der Waals surface area contributed by atoms with Crippen LogP contribution in [0.5, 0.6) is 0 Å². The third-order valence-electron chi connectivity index (χ3n) is 6.07. The maximum Gasteiger partial charge on any atom is 0.260 e. The lowest BCUT2D eigenvalue weighted by atomic mass is 9.83. The Hall–Kier alpha value is -4.70. The molecule has 9 nitrogen and oxygen atoms in total. The minimum absolute atomic E-state index is 0.104. The van der Waals surface area contributed by atoms with Crippen molar-refractivity contribution in [3.05, 3.63) is 98.5 Å². The molecule has 3 aromatic heterocycles. The maximum absolute atomic E-state index is 13.4. The van der Waals surface area contributed by atoms with Crippen molar-refractivity contribution in [3.63, 3.8) is 0 Å². The maximum atomic E-state index is 13.4. The minimum atomic E-state index is -0.397. The number of H-pyrrole nitrogens is 2. The SMILES string of the molecule is CC(=O)Nc1ccc(-c2nc3c(c(=O)[nH]2)C(=N)C(c2cccc4[nH]ncc24)=CC3c2nccs2)cc1. The van der Waals surface area contributed by atoms with E-state index in [0.29, 0.717) is 28.3 Å². The number of thiazole rings is 1. The molecular formula is C26H19N7O2S. The van der Waals surface area contributed by atoms with Crippen LogP contribution in [-0.4, -0.2) is 36.8 Å². The Balaban J connectivity index is 1.51. The molecule has 6 rings (SSSR count). The summed E-state index contributed by atoms with van der Waals surface area (Å²) in [5, 5.41) is 22.4. The van der Waals surface area contributed by atoms with Gasteiger partial charge in [-0.1, -0.05) is 18.2 Å². The van der Waals surface area contributed by atoms with Gasteiger partial charge in [-0.05, 0) is 35.9 Å². The zero-order valence-electron chi connectivity index (χ0n) is 19.0. The number of hydrogen-bond donors (Lipinski definition) is 4. The first-order valence-electron chi connectivity index (χ1n) is 11.1. The lowest BCUT2D eigenvalue weighted by Crippen LogP contribution is -2.28. The predicted molar refractivity (Wildman–Crippen MR) is 139 cm³/mol. The molecule has 0 spiro atoms. The second-order valence-corrected chi connectivity index (χ2v) is 9.30. The number of anilines is 1. The normalized spacial score (nSPS) is 15.0. The van der Waals surface area contributed by atoms with Crippen LogP contribution in [-0.2, 0) is 4.79 Å². The van der Waals surface area contributed by atoms with E-state index in [1.165, 1.54) is 18.3 Å². The number of nitrogens with one attached hydrogen (secondary N) is 4. The van der Waals surface area contributed by atoms with Gasteiger partial charge in [0.15, 0.2) is 0 Å². The van der Waals surface area contributed by atoms with E-state index in [0.717, 1.165) is 21.5 Å². The summed E-state index contributed by atoms with van der Waals surface area (Å²) in [5.41, 5.74) is 4.06. The molecule has 10 heteroatoms. The Morgan fingerprint density at radius 1 is 1.17 bits per heavy atom. The quantitative estimate of drug-likeness (QED) is 0.295.